The van der Waals surface area contributed by atoms with Crippen molar-refractivity contribution in [3.63, 3.8) is 0 Å². The number of nitrogens with one attached hydrogen (secondary N) is 2. The van der Waals surface area contributed by atoms with Gasteiger partial charge in [-0.15, -0.1) is 0 Å². The lowest BCUT2D eigenvalue weighted by Gasteiger charge is -2.20. The Morgan fingerprint density at radius 2 is 1.84 bits per heavy atom. The minimum Gasteiger partial charge on any atom is -0.351 e. The maximum absolute atomic E-state index is 12.5. The molecule has 1 amide bonds. The molecule has 7 heteroatoms. The van der Waals surface area contributed by atoms with Crippen molar-refractivity contribution < 1.29 is 13.2 Å². The Morgan fingerprint density at radius 3 is 2.44 bits per heavy atom. The van der Waals surface area contributed by atoms with E-state index in [1.54, 1.807) is 36.7 Å². The van der Waals surface area contributed by atoms with E-state index in [1.807, 2.05) is 19.9 Å². The molecule has 0 radical (unpaired) electrons. The average Bonchev–Trinajstić information content (AvgIpc) is 2.60. The van der Waals surface area contributed by atoms with E-state index in [-0.39, 0.29) is 16.7 Å². The maximum atomic E-state index is 12.5. The number of amides is 1. The van der Waals surface area contributed by atoms with Gasteiger partial charge in [0.25, 0.3) is 0 Å². The summed E-state index contributed by atoms with van der Waals surface area (Å²) in [5.74, 6) is -0.190. The number of aromatic nitrogens is 1. The Hall–Kier alpha value is -2.25. The van der Waals surface area contributed by atoms with Crippen molar-refractivity contribution in [1.82, 2.24) is 15.0 Å². The molecule has 0 saturated carbocycles. The summed E-state index contributed by atoms with van der Waals surface area (Å²) < 4.78 is 27.5. The first-order valence-electron chi connectivity index (χ1n) is 8.12. The van der Waals surface area contributed by atoms with Gasteiger partial charge in [-0.3, -0.25) is 9.78 Å². The first kappa shape index (κ1) is 19.1. The minimum atomic E-state index is -3.76. The van der Waals surface area contributed by atoms with E-state index in [9.17, 15) is 13.2 Å². The summed E-state index contributed by atoms with van der Waals surface area (Å²) >= 11 is 0. The summed E-state index contributed by atoms with van der Waals surface area (Å²) in [6.07, 6.45) is 3.72. The Morgan fingerprint density at radius 1 is 1.12 bits per heavy atom. The van der Waals surface area contributed by atoms with Gasteiger partial charge < -0.3 is 5.32 Å². The smallest absolute Gasteiger partial charge is 0.241 e. The van der Waals surface area contributed by atoms with Gasteiger partial charge in [0.05, 0.1) is 4.90 Å². The van der Waals surface area contributed by atoms with E-state index < -0.39 is 16.1 Å². The fraction of sp³-hybridized carbons (Fsp3) is 0.333. The Labute approximate surface area is 148 Å². The second kappa shape index (κ2) is 8.73. The Bertz CT molecular complexity index is 778. The molecule has 25 heavy (non-hydrogen) atoms. The van der Waals surface area contributed by atoms with Crippen LogP contribution in [0.2, 0.25) is 0 Å². The molecule has 0 aliphatic carbocycles. The van der Waals surface area contributed by atoms with Crippen LogP contribution in [0.25, 0.3) is 0 Å². The molecule has 2 rings (SSSR count). The van der Waals surface area contributed by atoms with Crippen LogP contribution in [0.4, 0.5) is 0 Å². The summed E-state index contributed by atoms with van der Waals surface area (Å²) in [4.78, 5) is 16.6. The van der Waals surface area contributed by atoms with Gasteiger partial charge in [0.15, 0.2) is 0 Å². The van der Waals surface area contributed by atoms with Crippen LogP contribution < -0.4 is 10.0 Å². The number of carbonyl (C=O) groups excluding carboxylic acids is 1. The molecule has 2 aromatic rings. The van der Waals surface area contributed by atoms with Gasteiger partial charge >= 0.3 is 0 Å². The van der Waals surface area contributed by atoms with E-state index in [0.717, 1.165) is 5.56 Å². The highest BCUT2D eigenvalue weighted by molar-refractivity contribution is 7.89. The standard InChI is InChI=1S/C18H23N3O3S/c1-14(2)11-17(18(22)20-13-15-7-6-10-19-12-15)21-25(23,24)16-8-4-3-5-9-16/h3-10,12,14,17,21H,11,13H2,1-2H3,(H,20,22)/t17-/m1/s1. The van der Waals surface area contributed by atoms with Crippen LogP contribution >= 0.6 is 0 Å². The summed E-state index contributed by atoms with van der Waals surface area (Å²) in [6, 6.07) is 10.8. The van der Waals surface area contributed by atoms with E-state index in [4.69, 9.17) is 0 Å². The zero-order valence-corrected chi connectivity index (χ0v) is 15.2. The van der Waals surface area contributed by atoms with Crippen molar-refractivity contribution >= 4 is 15.9 Å². The van der Waals surface area contributed by atoms with Crippen LogP contribution in [0, 0.1) is 5.92 Å². The fourth-order valence-corrected chi connectivity index (χ4v) is 3.58. The number of hydrogen-bond acceptors (Lipinski definition) is 4. The molecule has 1 aromatic carbocycles. The van der Waals surface area contributed by atoms with Gasteiger partial charge in [0.1, 0.15) is 6.04 Å². The molecule has 1 heterocycles. The Kier molecular flexibility index (Phi) is 6.66. The summed E-state index contributed by atoms with van der Waals surface area (Å²) in [5, 5.41) is 2.77. The molecule has 0 aliphatic rings. The number of carbonyl (C=O) groups is 1. The topological polar surface area (TPSA) is 88.2 Å². The quantitative estimate of drug-likeness (QED) is 0.754. The minimum absolute atomic E-state index is 0.142. The number of hydrogen-bond donors (Lipinski definition) is 2. The molecule has 1 aromatic heterocycles. The lowest BCUT2D eigenvalue weighted by molar-refractivity contribution is -0.123. The lowest BCUT2D eigenvalue weighted by Crippen LogP contribution is -2.47. The van der Waals surface area contributed by atoms with E-state index in [1.165, 1.54) is 12.1 Å². The van der Waals surface area contributed by atoms with Gasteiger partial charge in [-0.2, -0.15) is 4.72 Å². The summed E-state index contributed by atoms with van der Waals surface area (Å²) in [7, 11) is -3.76. The van der Waals surface area contributed by atoms with Crippen LogP contribution in [0.3, 0.4) is 0 Å². The van der Waals surface area contributed by atoms with Crippen molar-refractivity contribution in [2.45, 2.75) is 37.8 Å². The third-order valence-electron chi connectivity index (χ3n) is 3.56. The zero-order valence-electron chi connectivity index (χ0n) is 14.3. The average molecular weight is 361 g/mol. The monoisotopic (exact) mass is 361 g/mol. The van der Waals surface area contributed by atoms with Crippen molar-refractivity contribution in [3.05, 3.63) is 60.4 Å². The van der Waals surface area contributed by atoms with Gasteiger partial charge in [0.2, 0.25) is 15.9 Å². The first-order chi connectivity index (χ1) is 11.9. The highest BCUT2D eigenvalue weighted by Crippen LogP contribution is 2.12. The highest BCUT2D eigenvalue weighted by atomic mass is 32.2. The predicted molar refractivity (Wildman–Crippen MR) is 96.1 cm³/mol. The molecule has 2 N–H and O–H groups in total. The molecule has 0 unspecified atom stereocenters. The number of pyridine rings is 1. The van der Waals surface area contributed by atoms with Crippen molar-refractivity contribution in [3.8, 4) is 0 Å². The second-order valence-electron chi connectivity index (χ2n) is 6.20. The molecule has 0 aliphatic heterocycles. The lowest BCUT2D eigenvalue weighted by atomic mass is 10.0. The van der Waals surface area contributed by atoms with Crippen molar-refractivity contribution in [1.29, 1.82) is 0 Å². The van der Waals surface area contributed by atoms with Crippen LogP contribution in [0.15, 0.2) is 59.8 Å². The SMILES string of the molecule is CC(C)C[C@@H](NS(=O)(=O)c1ccccc1)C(=O)NCc1cccnc1. The maximum Gasteiger partial charge on any atom is 0.241 e. The molecule has 0 bridgehead atoms. The third-order valence-corrected chi connectivity index (χ3v) is 5.05. The molecule has 0 saturated heterocycles. The van der Waals surface area contributed by atoms with Crippen LogP contribution in [-0.4, -0.2) is 25.4 Å². The molecule has 6 nitrogen and oxygen atoms in total. The summed E-state index contributed by atoms with van der Waals surface area (Å²) in [5.41, 5.74) is 0.852. The Balaban J connectivity index is 2.08. The van der Waals surface area contributed by atoms with Crippen molar-refractivity contribution in [2.75, 3.05) is 0 Å². The van der Waals surface area contributed by atoms with Gasteiger partial charge in [-0.1, -0.05) is 38.1 Å². The van der Waals surface area contributed by atoms with E-state index in [2.05, 4.69) is 15.0 Å². The second-order valence-corrected chi connectivity index (χ2v) is 7.91. The van der Waals surface area contributed by atoms with Crippen LogP contribution in [0.1, 0.15) is 25.8 Å². The van der Waals surface area contributed by atoms with Crippen molar-refractivity contribution in [2.24, 2.45) is 5.92 Å². The highest BCUT2D eigenvalue weighted by Gasteiger charge is 2.26. The number of sulfonamides is 1. The van der Waals surface area contributed by atoms with Crippen LogP contribution in [0.5, 0.6) is 0 Å². The predicted octanol–water partition coefficient (Wildman–Crippen LogP) is 2.09. The van der Waals surface area contributed by atoms with Gasteiger partial charge in [-0.25, -0.2) is 8.42 Å². The fourth-order valence-electron chi connectivity index (χ4n) is 2.35. The zero-order chi connectivity index (χ0) is 18.3. The van der Waals surface area contributed by atoms with Crippen LogP contribution in [-0.2, 0) is 21.4 Å². The molecule has 1 atom stereocenters. The van der Waals surface area contributed by atoms with Gasteiger partial charge in [0, 0.05) is 18.9 Å². The third kappa shape index (κ3) is 5.95. The molecule has 134 valence electrons. The number of nitrogens with zero attached hydrogens (tertiary/aromatic N) is 1. The molecule has 0 spiro atoms. The number of benzene rings is 1. The molecular weight excluding hydrogens is 338 g/mol. The van der Waals surface area contributed by atoms with E-state index in [0.29, 0.717) is 13.0 Å². The summed E-state index contributed by atoms with van der Waals surface area (Å²) in [6.45, 7) is 4.19. The van der Waals surface area contributed by atoms with E-state index >= 15 is 0 Å². The number of rotatable bonds is 8. The molecule has 0 fully saturated rings. The molecular formula is C18H23N3O3S. The first-order valence-corrected chi connectivity index (χ1v) is 9.61. The normalized spacial score (nSPS) is 12.8. The van der Waals surface area contributed by atoms with Gasteiger partial charge in [-0.05, 0) is 36.1 Å². The largest absolute Gasteiger partial charge is 0.351 e.